The first-order valence-corrected chi connectivity index (χ1v) is 7.87. The summed E-state index contributed by atoms with van der Waals surface area (Å²) in [6.45, 7) is 3.17. The molecule has 0 aliphatic heterocycles. The first-order valence-electron chi connectivity index (χ1n) is 7.87. The van der Waals surface area contributed by atoms with Crippen LogP contribution in [0, 0.1) is 25.5 Å². The summed E-state index contributed by atoms with van der Waals surface area (Å²) >= 11 is 0. The molecule has 0 aliphatic carbocycles. The van der Waals surface area contributed by atoms with Gasteiger partial charge in [0.25, 0.3) is 5.56 Å². The summed E-state index contributed by atoms with van der Waals surface area (Å²) in [6.07, 6.45) is 1.54. The van der Waals surface area contributed by atoms with Gasteiger partial charge in [-0.25, -0.2) is 18.1 Å². The van der Waals surface area contributed by atoms with Crippen LogP contribution in [0.15, 0.2) is 40.1 Å². The summed E-state index contributed by atoms with van der Waals surface area (Å²) in [5, 5.41) is 8.08. The predicted molar refractivity (Wildman–Crippen MR) is 92.3 cm³/mol. The lowest BCUT2D eigenvalue weighted by atomic mass is 10.3. The highest BCUT2D eigenvalue weighted by Crippen LogP contribution is 2.16. The second kappa shape index (κ2) is 5.94. The summed E-state index contributed by atoms with van der Waals surface area (Å²) in [7, 11) is 0. The van der Waals surface area contributed by atoms with E-state index >= 15 is 0 Å². The molecular formula is C17H12F2N6O2. The third-order valence-corrected chi connectivity index (χ3v) is 4.10. The number of nitrogens with zero attached hydrogens (tertiary/aromatic N) is 5. The molecule has 10 heteroatoms. The molecule has 4 rings (SSSR count). The maximum atomic E-state index is 13.4. The monoisotopic (exact) mass is 370 g/mol. The minimum Gasteiger partial charge on any atom is -0.309 e. The fourth-order valence-corrected chi connectivity index (χ4v) is 2.81. The molecule has 0 atom stereocenters. The highest BCUT2D eigenvalue weighted by molar-refractivity contribution is 5.74. The van der Waals surface area contributed by atoms with Crippen molar-refractivity contribution in [3.8, 4) is 11.4 Å². The summed E-state index contributed by atoms with van der Waals surface area (Å²) in [4.78, 5) is 33.0. The fourth-order valence-electron chi connectivity index (χ4n) is 2.81. The topological polar surface area (TPSA) is 98.5 Å². The van der Waals surface area contributed by atoms with Gasteiger partial charge in [-0.15, -0.1) is 15.0 Å². The molecule has 4 aromatic rings. The molecule has 0 saturated carbocycles. The van der Waals surface area contributed by atoms with Crippen LogP contribution in [0.3, 0.4) is 0 Å². The minimum atomic E-state index is -1.07. The van der Waals surface area contributed by atoms with Gasteiger partial charge in [-0.3, -0.25) is 9.78 Å². The van der Waals surface area contributed by atoms with Crippen LogP contribution in [0.1, 0.15) is 11.4 Å². The minimum absolute atomic E-state index is 0.0464. The van der Waals surface area contributed by atoms with Crippen LogP contribution in [-0.4, -0.2) is 29.5 Å². The lowest BCUT2D eigenvalue weighted by Gasteiger charge is -2.10. The van der Waals surface area contributed by atoms with Gasteiger partial charge in [0.05, 0.1) is 11.4 Å². The molecule has 1 N–H and O–H groups in total. The number of pyridine rings is 1. The van der Waals surface area contributed by atoms with Crippen LogP contribution in [0.5, 0.6) is 0 Å². The lowest BCUT2D eigenvalue weighted by Crippen LogP contribution is -2.38. The predicted octanol–water partition coefficient (Wildman–Crippen LogP) is 1.55. The van der Waals surface area contributed by atoms with E-state index in [2.05, 4.69) is 20.2 Å². The van der Waals surface area contributed by atoms with Gasteiger partial charge in [0.2, 0.25) is 0 Å². The average molecular weight is 370 g/mol. The first kappa shape index (κ1) is 16.8. The Morgan fingerprint density at radius 3 is 2.26 bits per heavy atom. The number of benzene rings is 1. The van der Waals surface area contributed by atoms with Gasteiger partial charge in [0, 0.05) is 24.0 Å². The molecule has 0 radical (unpaired) electrons. The van der Waals surface area contributed by atoms with E-state index in [1.54, 1.807) is 19.1 Å². The number of fused-ring (bicyclic) bond motifs is 1. The van der Waals surface area contributed by atoms with Gasteiger partial charge < -0.3 is 4.98 Å². The standard InChI is InChI=1S/C17H12F2N6O2/c1-8-14(4-3-5-20-8)24-16(26)15(9(2)21-17(24)27)25-22-12-6-10(18)11(19)7-13(12)23-25/h3-7H,1-2H3,(H,21,27). The first-order chi connectivity index (χ1) is 12.9. The number of halogens is 2. The van der Waals surface area contributed by atoms with E-state index in [9.17, 15) is 18.4 Å². The third-order valence-electron chi connectivity index (χ3n) is 4.10. The smallest absolute Gasteiger partial charge is 0.309 e. The number of hydrogen-bond acceptors (Lipinski definition) is 5. The zero-order valence-corrected chi connectivity index (χ0v) is 14.2. The van der Waals surface area contributed by atoms with E-state index in [1.165, 1.54) is 13.1 Å². The molecule has 3 heterocycles. The highest BCUT2D eigenvalue weighted by Gasteiger charge is 2.19. The number of rotatable bonds is 2. The Morgan fingerprint density at radius 1 is 1.04 bits per heavy atom. The molecule has 3 aromatic heterocycles. The van der Waals surface area contributed by atoms with E-state index in [4.69, 9.17) is 0 Å². The molecule has 0 amide bonds. The molecule has 0 fully saturated rings. The van der Waals surface area contributed by atoms with Crippen molar-refractivity contribution in [1.29, 1.82) is 0 Å². The van der Waals surface area contributed by atoms with Crippen molar-refractivity contribution in [3.05, 3.63) is 74.3 Å². The van der Waals surface area contributed by atoms with Crippen LogP contribution in [0.25, 0.3) is 22.4 Å². The zero-order valence-electron chi connectivity index (χ0n) is 14.2. The Morgan fingerprint density at radius 2 is 1.67 bits per heavy atom. The van der Waals surface area contributed by atoms with Crippen molar-refractivity contribution >= 4 is 11.0 Å². The number of H-pyrrole nitrogens is 1. The van der Waals surface area contributed by atoms with Crippen LogP contribution in [-0.2, 0) is 0 Å². The average Bonchev–Trinajstić information content (AvgIpc) is 2.98. The van der Waals surface area contributed by atoms with Crippen LogP contribution >= 0.6 is 0 Å². The number of aromatic nitrogens is 6. The van der Waals surface area contributed by atoms with Crippen molar-refractivity contribution in [2.24, 2.45) is 0 Å². The Bertz CT molecular complexity index is 1280. The molecule has 1 aromatic carbocycles. The molecule has 0 spiro atoms. The molecular weight excluding hydrogens is 358 g/mol. The highest BCUT2D eigenvalue weighted by atomic mass is 19.2. The SMILES string of the molecule is Cc1ncccc1-n1c(=O)[nH]c(C)c(-n2nc3cc(F)c(F)cc3n2)c1=O. The lowest BCUT2D eigenvalue weighted by molar-refractivity contribution is 0.510. The summed E-state index contributed by atoms with van der Waals surface area (Å²) in [6, 6.07) is 4.95. The number of aryl methyl sites for hydroxylation is 2. The summed E-state index contributed by atoms with van der Waals surface area (Å²) in [5.41, 5.74) is -0.244. The molecule has 0 bridgehead atoms. The largest absolute Gasteiger partial charge is 0.333 e. The Kier molecular flexibility index (Phi) is 3.69. The van der Waals surface area contributed by atoms with E-state index in [0.29, 0.717) is 11.4 Å². The Labute approximate surface area is 149 Å². The summed E-state index contributed by atoms with van der Waals surface area (Å²) < 4.78 is 27.8. The number of aromatic amines is 1. The van der Waals surface area contributed by atoms with E-state index < -0.39 is 22.9 Å². The van der Waals surface area contributed by atoms with E-state index in [0.717, 1.165) is 21.5 Å². The normalized spacial score (nSPS) is 11.3. The van der Waals surface area contributed by atoms with E-state index in [-0.39, 0.29) is 22.4 Å². The maximum absolute atomic E-state index is 13.4. The van der Waals surface area contributed by atoms with Gasteiger partial charge in [0.15, 0.2) is 17.3 Å². The van der Waals surface area contributed by atoms with Gasteiger partial charge in [-0.05, 0) is 26.0 Å². The molecule has 8 nitrogen and oxygen atoms in total. The van der Waals surface area contributed by atoms with Crippen molar-refractivity contribution < 1.29 is 8.78 Å². The van der Waals surface area contributed by atoms with Crippen LogP contribution in [0.2, 0.25) is 0 Å². The van der Waals surface area contributed by atoms with Gasteiger partial charge >= 0.3 is 5.69 Å². The Balaban J connectivity index is 2.02. The van der Waals surface area contributed by atoms with Gasteiger partial charge in [-0.2, -0.15) is 0 Å². The molecule has 27 heavy (non-hydrogen) atoms. The summed E-state index contributed by atoms with van der Waals surface area (Å²) in [5.74, 6) is -2.15. The van der Waals surface area contributed by atoms with E-state index in [1.807, 2.05) is 0 Å². The molecule has 0 unspecified atom stereocenters. The van der Waals surface area contributed by atoms with Crippen LogP contribution in [0.4, 0.5) is 8.78 Å². The maximum Gasteiger partial charge on any atom is 0.333 e. The van der Waals surface area contributed by atoms with Crippen molar-refractivity contribution in [2.45, 2.75) is 13.8 Å². The van der Waals surface area contributed by atoms with Crippen LogP contribution < -0.4 is 11.2 Å². The number of nitrogens with one attached hydrogen (secondary N) is 1. The van der Waals surface area contributed by atoms with Crippen molar-refractivity contribution in [1.82, 2.24) is 29.5 Å². The molecule has 136 valence electrons. The second-order valence-electron chi connectivity index (χ2n) is 5.90. The van der Waals surface area contributed by atoms with Crippen molar-refractivity contribution in [2.75, 3.05) is 0 Å². The molecule has 0 saturated heterocycles. The number of hydrogen-bond donors (Lipinski definition) is 1. The zero-order chi connectivity index (χ0) is 19.3. The van der Waals surface area contributed by atoms with Gasteiger partial charge in [0.1, 0.15) is 11.0 Å². The third kappa shape index (κ3) is 2.62. The Hall–Kier alpha value is -3.69. The van der Waals surface area contributed by atoms with Crippen molar-refractivity contribution in [3.63, 3.8) is 0 Å². The molecule has 0 aliphatic rings. The fraction of sp³-hybridized carbons (Fsp3) is 0.118. The second-order valence-corrected chi connectivity index (χ2v) is 5.90. The van der Waals surface area contributed by atoms with Gasteiger partial charge in [-0.1, -0.05) is 0 Å². The quantitative estimate of drug-likeness (QED) is 0.577.